The maximum atomic E-state index is 12.3. The minimum Gasteiger partial charge on any atom is -0.385 e. The zero-order valence-corrected chi connectivity index (χ0v) is 12.0. The van der Waals surface area contributed by atoms with Crippen molar-refractivity contribution in [1.29, 1.82) is 0 Å². The van der Waals surface area contributed by atoms with Crippen LogP contribution in [0.2, 0.25) is 0 Å². The lowest BCUT2D eigenvalue weighted by molar-refractivity contribution is -0.0328. The average Bonchev–Trinajstić information content (AvgIpc) is 2.64. The summed E-state index contributed by atoms with van der Waals surface area (Å²) in [6.45, 7) is 2.41. The van der Waals surface area contributed by atoms with Crippen molar-refractivity contribution in [1.82, 2.24) is 4.90 Å². The van der Waals surface area contributed by atoms with E-state index in [0.717, 1.165) is 6.42 Å². The first-order valence-electron chi connectivity index (χ1n) is 6.32. The molecule has 2 amide bonds. The van der Waals surface area contributed by atoms with Crippen LogP contribution in [0.25, 0.3) is 0 Å². The number of benzene rings is 1. The van der Waals surface area contributed by atoms with Gasteiger partial charge in [-0.1, -0.05) is 19.1 Å². The molecular weight excluding hydrogens is 303 g/mol. The van der Waals surface area contributed by atoms with Crippen molar-refractivity contribution in [2.45, 2.75) is 29.8 Å². The Morgan fingerprint density at radius 3 is 2.48 bits per heavy atom. The molecule has 0 spiro atoms. The van der Waals surface area contributed by atoms with Gasteiger partial charge in [0, 0.05) is 11.4 Å². The van der Waals surface area contributed by atoms with E-state index in [4.69, 9.17) is 5.73 Å². The number of nitrogens with two attached hydrogens (primary N) is 1. The largest absolute Gasteiger partial charge is 0.446 e. The number of aliphatic imine (C=N–C) groups is 1. The molecule has 4 nitrogen and oxygen atoms in total. The van der Waals surface area contributed by atoms with Crippen molar-refractivity contribution in [3.05, 3.63) is 29.8 Å². The van der Waals surface area contributed by atoms with Gasteiger partial charge >= 0.3 is 11.5 Å². The second-order valence-electron chi connectivity index (χ2n) is 4.53. The van der Waals surface area contributed by atoms with Crippen LogP contribution in [0.1, 0.15) is 24.9 Å². The molecule has 1 aromatic rings. The van der Waals surface area contributed by atoms with Crippen LogP contribution in [0.5, 0.6) is 0 Å². The minimum absolute atomic E-state index is 0.0909. The molecule has 0 saturated carbocycles. The number of halogens is 3. The number of urea groups is 1. The molecule has 1 unspecified atom stereocenters. The molecule has 0 bridgehead atoms. The Hall–Kier alpha value is -1.70. The summed E-state index contributed by atoms with van der Waals surface area (Å²) in [5.74, 6) is 0.171. The van der Waals surface area contributed by atoms with Crippen molar-refractivity contribution in [3.8, 4) is 0 Å². The van der Waals surface area contributed by atoms with E-state index in [1.165, 1.54) is 17.0 Å². The number of nitrogens with zero attached hydrogens (tertiary/aromatic N) is 2. The number of rotatable bonds is 4. The molecule has 2 N–H and O–H groups in total. The predicted molar refractivity (Wildman–Crippen MR) is 75.1 cm³/mol. The number of carbonyl (C=O) groups is 1. The van der Waals surface area contributed by atoms with E-state index in [1.54, 1.807) is 12.1 Å². The van der Waals surface area contributed by atoms with E-state index < -0.39 is 17.6 Å². The molecule has 1 aliphatic heterocycles. The third-order valence-corrected chi connectivity index (χ3v) is 3.70. The lowest BCUT2D eigenvalue weighted by Crippen LogP contribution is -2.33. The van der Waals surface area contributed by atoms with E-state index in [2.05, 4.69) is 4.99 Å². The molecule has 0 saturated heterocycles. The topological polar surface area (TPSA) is 58.7 Å². The SMILES string of the molecule is CCCN1C(=O)N=C(N)C1c1ccc(SC(F)(F)F)cc1. The Bertz CT molecular complexity index is 557. The third-order valence-electron chi connectivity index (χ3n) is 2.96. The summed E-state index contributed by atoms with van der Waals surface area (Å²) in [6.07, 6.45) is 0.743. The van der Waals surface area contributed by atoms with Gasteiger partial charge in [0.2, 0.25) is 0 Å². The lowest BCUT2D eigenvalue weighted by Gasteiger charge is -2.24. The normalized spacial score (nSPS) is 19.0. The number of hydrogen-bond donors (Lipinski definition) is 1. The smallest absolute Gasteiger partial charge is 0.385 e. The molecule has 0 aliphatic carbocycles. The molecule has 1 heterocycles. The number of thioether (sulfide) groups is 1. The second kappa shape index (κ2) is 5.97. The number of amidine groups is 1. The Morgan fingerprint density at radius 1 is 1.33 bits per heavy atom. The molecule has 0 aromatic heterocycles. The second-order valence-corrected chi connectivity index (χ2v) is 5.67. The van der Waals surface area contributed by atoms with E-state index in [0.29, 0.717) is 12.1 Å². The van der Waals surface area contributed by atoms with Crippen molar-refractivity contribution in [3.63, 3.8) is 0 Å². The average molecular weight is 317 g/mol. The molecule has 0 fully saturated rings. The lowest BCUT2D eigenvalue weighted by atomic mass is 10.1. The molecule has 1 aliphatic rings. The van der Waals surface area contributed by atoms with Crippen LogP contribution in [0.3, 0.4) is 0 Å². The van der Waals surface area contributed by atoms with Crippen molar-refractivity contribution < 1.29 is 18.0 Å². The fourth-order valence-electron chi connectivity index (χ4n) is 2.17. The van der Waals surface area contributed by atoms with Crippen LogP contribution >= 0.6 is 11.8 Å². The number of alkyl halides is 3. The van der Waals surface area contributed by atoms with Gasteiger partial charge in [0.05, 0.1) is 0 Å². The zero-order chi connectivity index (χ0) is 15.6. The molecule has 8 heteroatoms. The van der Waals surface area contributed by atoms with E-state index in [-0.39, 0.29) is 22.5 Å². The molecule has 114 valence electrons. The van der Waals surface area contributed by atoms with Crippen LogP contribution in [0, 0.1) is 0 Å². The van der Waals surface area contributed by atoms with Crippen LogP contribution in [0.15, 0.2) is 34.2 Å². The first kappa shape index (κ1) is 15.7. The summed E-state index contributed by atoms with van der Waals surface area (Å²) in [4.78, 5) is 17.0. The Morgan fingerprint density at radius 2 is 1.95 bits per heavy atom. The van der Waals surface area contributed by atoms with Gasteiger partial charge in [0.15, 0.2) is 0 Å². The van der Waals surface area contributed by atoms with Gasteiger partial charge in [-0.05, 0) is 35.9 Å². The fraction of sp³-hybridized carbons (Fsp3) is 0.385. The van der Waals surface area contributed by atoms with Gasteiger partial charge < -0.3 is 10.6 Å². The molecule has 0 radical (unpaired) electrons. The fourth-order valence-corrected chi connectivity index (χ4v) is 2.71. The minimum atomic E-state index is -4.32. The quantitative estimate of drug-likeness (QED) is 0.864. The van der Waals surface area contributed by atoms with E-state index >= 15 is 0 Å². The highest BCUT2D eigenvalue weighted by molar-refractivity contribution is 8.00. The summed E-state index contributed by atoms with van der Waals surface area (Å²) in [7, 11) is 0. The highest BCUT2D eigenvalue weighted by Crippen LogP contribution is 2.37. The van der Waals surface area contributed by atoms with Gasteiger partial charge in [-0.25, -0.2) is 4.79 Å². The highest BCUT2D eigenvalue weighted by atomic mass is 32.2. The highest BCUT2D eigenvalue weighted by Gasteiger charge is 2.34. The van der Waals surface area contributed by atoms with Crippen molar-refractivity contribution in [2.24, 2.45) is 10.7 Å². The summed E-state index contributed by atoms with van der Waals surface area (Å²) in [5, 5.41) is 0. The first-order chi connectivity index (χ1) is 9.81. The van der Waals surface area contributed by atoms with Gasteiger partial charge in [0.25, 0.3) is 0 Å². The van der Waals surface area contributed by atoms with Crippen molar-refractivity contribution in [2.75, 3.05) is 6.54 Å². The zero-order valence-electron chi connectivity index (χ0n) is 11.2. The summed E-state index contributed by atoms with van der Waals surface area (Å²) in [5.41, 5.74) is 2.10. The standard InChI is InChI=1S/C13H14F3N3OS/c1-2-7-19-10(11(17)18-12(19)20)8-3-5-9(6-4-8)21-13(14,15)16/h3-6,10H,2,7H2,1H3,(H2,17,18,20). The van der Waals surface area contributed by atoms with Gasteiger partial charge in [-0.3, -0.25) is 0 Å². The first-order valence-corrected chi connectivity index (χ1v) is 7.14. The number of carbonyl (C=O) groups excluding carboxylic acids is 1. The Balaban J connectivity index is 2.21. The third kappa shape index (κ3) is 3.69. The predicted octanol–water partition coefficient (Wildman–Crippen LogP) is 3.54. The Kier molecular flexibility index (Phi) is 4.46. The van der Waals surface area contributed by atoms with Crippen LogP contribution < -0.4 is 5.73 Å². The number of hydrogen-bond acceptors (Lipinski definition) is 3. The van der Waals surface area contributed by atoms with Gasteiger partial charge in [-0.15, -0.1) is 0 Å². The molecule has 21 heavy (non-hydrogen) atoms. The molecular formula is C13H14F3N3OS. The van der Waals surface area contributed by atoms with E-state index in [1.807, 2.05) is 6.92 Å². The summed E-state index contributed by atoms with van der Waals surface area (Å²) < 4.78 is 36.9. The maximum absolute atomic E-state index is 12.3. The molecule has 2 rings (SSSR count). The summed E-state index contributed by atoms with van der Waals surface area (Å²) in [6, 6.07) is 4.92. The molecule has 1 aromatic carbocycles. The van der Waals surface area contributed by atoms with Crippen molar-refractivity contribution >= 4 is 23.6 Å². The Labute approximate surface area is 124 Å². The summed E-state index contributed by atoms with van der Waals surface area (Å²) >= 11 is -0.178. The van der Waals surface area contributed by atoms with E-state index in [9.17, 15) is 18.0 Å². The maximum Gasteiger partial charge on any atom is 0.446 e. The van der Waals surface area contributed by atoms with Gasteiger partial charge in [-0.2, -0.15) is 18.2 Å². The van der Waals surface area contributed by atoms with Crippen LogP contribution in [-0.4, -0.2) is 28.8 Å². The van der Waals surface area contributed by atoms with Gasteiger partial charge in [0.1, 0.15) is 11.9 Å². The molecule has 1 atom stereocenters. The number of amides is 2. The van der Waals surface area contributed by atoms with Crippen LogP contribution in [-0.2, 0) is 0 Å². The monoisotopic (exact) mass is 317 g/mol. The van der Waals surface area contributed by atoms with Crippen LogP contribution in [0.4, 0.5) is 18.0 Å².